The molecule has 0 N–H and O–H groups in total. The summed E-state index contributed by atoms with van der Waals surface area (Å²) in [6.45, 7) is 3.61. The van der Waals surface area contributed by atoms with Crippen molar-refractivity contribution in [3.63, 3.8) is 0 Å². The first-order valence-electron chi connectivity index (χ1n) is 8.93. The Morgan fingerprint density at radius 1 is 1.04 bits per heavy atom. The van der Waals surface area contributed by atoms with Crippen LogP contribution < -0.4 is 4.90 Å². The van der Waals surface area contributed by atoms with Crippen LogP contribution in [0.15, 0.2) is 42.5 Å². The van der Waals surface area contributed by atoms with Gasteiger partial charge in [0.2, 0.25) is 0 Å². The highest BCUT2D eigenvalue weighted by Crippen LogP contribution is 2.37. The van der Waals surface area contributed by atoms with E-state index in [1.54, 1.807) is 11.0 Å². The van der Waals surface area contributed by atoms with Crippen LogP contribution in [0.3, 0.4) is 0 Å². The molecular weight excluding hydrogens is 355 g/mol. The molecular formula is C21H22F3NO2. The summed E-state index contributed by atoms with van der Waals surface area (Å²) in [5.74, 6) is -0.104. The number of nitrogens with zero attached hydrogens (tertiary/aromatic N) is 1. The van der Waals surface area contributed by atoms with E-state index in [4.69, 9.17) is 4.74 Å². The zero-order valence-corrected chi connectivity index (χ0v) is 15.2. The van der Waals surface area contributed by atoms with Crippen LogP contribution in [0.5, 0.6) is 0 Å². The minimum Gasteiger partial charge on any atom is -0.378 e. The summed E-state index contributed by atoms with van der Waals surface area (Å²) in [6.07, 6.45) is -4.27. The van der Waals surface area contributed by atoms with Crippen LogP contribution in [0.4, 0.5) is 18.9 Å². The number of morpholine rings is 1. The van der Waals surface area contributed by atoms with E-state index in [2.05, 4.69) is 0 Å². The van der Waals surface area contributed by atoms with Crippen molar-refractivity contribution in [2.75, 3.05) is 31.2 Å². The molecule has 0 atom stereocenters. The second-order valence-corrected chi connectivity index (χ2v) is 6.83. The highest BCUT2D eigenvalue weighted by atomic mass is 19.4. The Bertz CT molecular complexity index is 811. The van der Waals surface area contributed by atoms with Gasteiger partial charge in [-0.15, -0.1) is 0 Å². The van der Waals surface area contributed by atoms with E-state index in [0.717, 1.165) is 17.2 Å². The molecule has 3 nitrogen and oxygen atoms in total. The van der Waals surface area contributed by atoms with E-state index in [1.807, 2.05) is 31.2 Å². The molecule has 1 heterocycles. The van der Waals surface area contributed by atoms with Crippen LogP contribution in [0.25, 0.3) is 0 Å². The maximum absolute atomic E-state index is 13.6. The fourth-order valence-electron chi connectivity index (χ4n) is 3.34. The Hall–Kier alpha value is -2.34. The zero-order valence-electron chi connectivity index (χ0n) is 15.2. The normalized spacial score (nSPS) is 15.0. The molecule has 0 saturated carbocycles. The van der Waals surface area contributed by atoms with Gasteiger partial charge in [0.05, 0.1) is 18.8 Å². The first-order chi connectivity index (χ1) is 12.8. The summed E-state index contributed by atoms with van der Waals surface area (Å²) < 4.78 is 45.9. The van der Waals surface area contributed by atoms with Crippen molar-refractivity contribution in [3.05, 3.63) is 64.7 Å². The van der Waals surface area contributed by atoms with Crippen molar-refractivity contribution >= 4 is 11.5 Å². The topological polar surface area (TPSA) is 29.5 Å². The minimum absolute atomic E-state index is 0.0135. The first-order valence-corrected chi connectivity index (χ1v) is 8.93. The summed E-state index contributed by atoms with van der Waals surface area (Å²) in [7, 11) is 0. The second kappa shape index (κ2) is 8.13. The van der Waals surface area contributed by atoms with E-state index >= 15 is 0 Å². The molecule has 27 heavy (non-hydrogen) atoms. The van der Waals surface area contributed by atoms with Crippen molar-refractivity contribution in [3.8, 4) is 0 Å². The number of anilines is 1. The maximum atomic E-state index is 13.6. The number of hydrogen-bond acceptors (Lipinski definition) is 3. The molecule has 0 aliphatic carbocycles. The van der Waals surface area contributed by atoms with E-state index in [9.17, 15) is 18.0 Å². The summed E-state index contributed by atoms with van der Waals surface area (Å²) >= 11 is 0. The fourth-order valence-corrected chi connectivity index (χ4v) is 3.34. The van der Waals surface area contributed by atoms with Gasteiger partial charge < -0.3 is 9.64 Å². The number of Topliss-reactive ketones (excluding diaryl/α,β-unsaturated/α-hetero) is 1. The molecule has 144 valence electrons. The number of carbonyl (C=O) groups is 1. The van der Waals surface area contributed by atoms with Crippen molar-refractivity contribution in [1.29, 1.82) is 0 Å². The average molecular weight is 377 g/mol. The lowest BCUT2D eigenvalue weighted by Crippen LogP contribution is -2.37. The van der Waals surface area contributed by atoms with Gasteiger partial charge in [0.25, 0.3) is 0 Å². The van der Waals surface area contributed by atoms with E-state index in [1.165, 1.54) is 6.07 Å². The summed E-state index contributed by atoms with van der Waals surface area (Å²) in [5, 5.41) is 0. The Labute approximate surface area is 156 Å². The van der Waals surface area contributed by atoms with Gasteiger partial charge in [-0.3, -0.25) is 4.79 Å². The Morgan fingerprint density at radius 3 is 2.33 bits per heavy atom. The van der Waals surface area contributed by atoms with Gasteiger partial charge in [-0.25, -0.2) is 0 Å². The molecule has 0 spiro atoms. The first kappa shape index (κ1) is 19.4. The van der Waals surface area contributed by atoms with Crippen LogP contribution in [-0.4, -0.2) is 32.1 Å². The van der Waals surface area contributed by atoms with Gasteiger partial charge in [-0.2, -0.15) is 13.2 Å². The molecule has 2 aromatic rings. The highest BCUT2D eigenvalue weighted by molar-refractivity contribution is 5.83. The third kappa shape index (κ3) is 5.10. The molecule has 1 fully saturated rings. The molecule has 3 rings (SSSR count). The van der Waals surface area contributed by atoms with E-state index in [0.29, 0.717) is 31.9 Å². The molecule has 0 bridgehead atoms. The quantitative estimate of drug-likeness (QED) is 0.782. The van der Waals surface area contributed by atoms with Crippen LogP contribution in [0.2, 0.25) is 0 Å². The highest BCUT2D eigenvalue weighted by Gasteiger charge is 2.35. The number of carbonyl (C=O) groups excluding carboxylic acids is 1. The number of ether oxygens (including phenoxy) is 1. The van der Waals surface area contributed by atoms with Crippen LogP contribution in [0.1, 0.15) is 22.3 Å². The monoisotopic (exact) mass is 377 g/mol. The smallest absolute Gasteiger partial charge is 0.378 e. The maximum Gasteiger partial charge on any atom is 0.418 e. The molecule has 6 heteroatoms. The predicted molar refractivity (Wildman–Crippen MR) is 98.1 cm³/mol. The Balaban J connectivity index is 1.78. The van der Waals surface area contributed by atoms with Gasteiger partial charge in [0, 0.05) is 31.6 Å². The number of aryl methyl sites for hydroxylation is 1. The number of rotatable bonds is 5. The van der Waals surface area contributed by atoms with Crippen LogP contribution in [-0.2, 0) is 28.5 Å². The number of benzene rings is 2. The molecule has 1 saturated heterocycles. The van der Waals surface area contributed by atoms with Gasteiger partial charge in [0.15, 0.2) is 0 Å². The van der Waals surface area contributed by atoms with Crippen molar-refractivity contribution in [1.82, 2.24) is 0 Å². The average Bonchev–Trinajstić information content (AvgIpc) is 2.61. The third-order valence-electron chi connectivity index (χ3n) is 4.60. The van der Waals surface area contributed by atoms with Crippen molar-refractivity contribution in [2.24, 2.45) is 0 Å². The summed E-state index contributed by atoms with van der Waals surface area (Å²) in [4.78, 5) is 14.0. The molecule has 2 aromatic carbocycles. The number of alkyl halides is 3. The lowest BCUT2D eigenvalue weighted by atomic mass is 9.99. The van der Waals surface area contributed by atoms with E-state index in [-0.39, 0.29) is 24.3 Å². The number of hydrogen-bond donors (Lipinski definition) is 0. The molecule has 0 aromatic heterocycles. The largest absolute Gasteiger partial charge is 0.418 e. The number of ketones is 1. The fraction of sp³-hybridized carbons (Fsp3) is 0.381. The Kier molecular flexibility index (Phi) is 5.85. The van der Waals surface area contributed by atoms with Crippen LogP contribution >= 0.6 is 0 Å². The molecule has 1 aliphatic heterocycles. The molecule has 0 radical (unpaired) electrons. The standard InChI is InChI=1S/C21H22F3NO2/c1-15-3-2-4-16(11-15)12-18(26)13-17-5-6-20(19(14-17)21(22,23)24)25-7-9-27-10-8-25/h2-6,11,14H,7-10,12-13H2,1H3. The summed E-state index contributed by atoms with van der Waals surface area (Å²) in [5.41, 5.74) is 1.78. The van der Waals surface area contributed by atoms with E-state index < -0.39 is 11.7 Å². The lowest BCUT2D eigenvalue weighted by Gasteiger charge is -2.31. The van der Waals surface area contributed by atoms with Gasteiger partial charge in [-0.1, -0.05) is 35.9 Å². The lowest BCUT2D eigenvalue weighted by molar-refractivity contribution is -0.137. The second-order valence-electron chi connectivity index (χ2n) is 6.83. The Morgan fingerprint density at radius 2 is 1.70 bits per heavy atom. The van der Waals surface area contributed by atoms with Gasteiger partial charge in [-0.05, 0) is 30.2 Å². The van der Waals surface area contributed by atoms with Gasteiger partial charge >= 0.3 is 6.18 Å². The van der Waals surface area contributed by atoms with Gasteiger partial charge in [0.1, 0.15) is 5.78 Å². The minimum atomic E-state index is -4.47. The predicted octanol–water partition coefficient (Wildman–Crippen LogP) is 4.20. The molecule has 0 unspecified atom stereocenters. The number of halogens is 3. The van der Waals surface area contributed by atoms with Crippen molar-refractivity contribution < 1.29 is 22.7 Å². The molecule has 0 amide bonds. The molecule has 1 aliphatic rings. The van der Waals surface area contributed by atoms with Crippen LogP contribution in [0, 0.1) is 6.92 Å². The zero-order chi connectivity index (χ0) is 19.4. The third-order valence-corrected chi connectivity index (χ3v) is 4.60. The summed E-state index contributed by atoms with van der Waals surface area (Å²) in [6, 6.07) is 11.8. The van der Waals surface area contributed by atoms with Crippen molar-refractivity contribution in [2.45, 2.75) is 25.9 Å². The SMILES string of the molecule is Cc1cccc(CC(=O)Cc2ccc(N3CCOCC3)c(C(F)(F)F)c2)c1.